The largest absolute Gasteiger partial charge is 0.447 e. The van der Waals surface area contributed by atoms with E-state index in [-0.39, 0.29) is 57.0 Å². The molecule has 1 aromatic heterocycles. The number of carbonyl (C=O) groups is 3. The molecular weight excluding hydrogens is 526 g/mol. The lowest BCUT2D eigenvalue weighted by atomic mass is 9.34. The van der Waals surface area contributed by atoms with Crippen molar-refractivity contribution < 1.29 is 18.8 Å². The molecule has 7 nitrogen and oxygen atoms in total. The zero-order valence-corrected chi connectivity index (χ0v) is 26.2. The van der Waals surface area contributed by atoms with Gasteiger partial charge in [-0.2, -0.15) is 5.26 Å². The van der Waals surface area contributed by atoms with Crippen LogP contribution in [0.15, 0.2) is 40.3 Å². The van der Waals surface area contributed by atoms with Crippen LogP contribution < -0.4 is 5.32 Å². The average molecular weight is 572 g/mol. The smallest absolute Gasteiger partial charge is 0.226 e. The highest BCUT2D eigenvalue weighted by molar-refractivity contribution is 6.04. The summed E-state index contributed by atoms with van der Waals surface area (Å²) >= 11 is 0. The molecule has 0 aliphatic heterocycles. The summed E-state index contributed by atoms with van der Waals surface area (Å²) in [5.41, 5.74) is -0.999. The van der Waals surface area contributed by atoms with Crippen molar-refractivity contribution in [3.05, 3.63) is 41.6 Å². The van der Waals surface area contributed by atoms with E-state index >= 15 is 0 Å². The van der Waals surface area contributed by atoms with E-state index < -0.39 is 16.2 Å². The third-order valence-corrected chi connectivity index (χ3v) is 13.5. The Morgan fingerprint density at radius 1 is 1.07 bits per heavy atom. The van der Waals surface area contributed by atoms with Crippen LogP contribution in [0.25, 0.3) is 0 Å². The fourth-order valence-electron chi connectivity index (χ4n) is 10.6. The first-order valence-corrected chi connectivity index (χ1v) is 15.7. The Labute approximate surface area is 249 Å². The molecule has 8 atom stereocenters. The van der Waals surface area contributed by atoms with Crippen molar-refractivity contribution in [3.63, 3.8) is 0 Å². The molecule has 224 valence electrons. The van der Waals surface area contributed by atoms with Crippen LogP contribution in [0.4, 0.5) is 0 Å². The van der Waals surface area contributed by atoms with Gasteiger partial charge in [-0.05, 0) is 79.1 Å². The van der Waals surface area contributed by atoms with Gasteiger partial charge in [-0.15, -0.1) is 0 Å². The first-order chi connectivity index (χ1) is 19.6. The molecule has 3 fully saturated rings. The van der Waals surface area contributed by atoms with Gasteiger partial charge in [-0.1, -0.05) is 60.1 Å². The van der Waals surface area contributed by atoms with Gasteiger partial charge >= 0.3 is 0 Å². The van der Waals surface area contributed by atoms with Gasteiger partial charge in [0.05, 0.1) is 18.3 Å². The lowest BCUT2D eigenvalue weighted by Gasteiger charge is -2.69. The highest BCUT2D eigenvalue weighted by atomic mass is 16.3. The predicted molar refractivity (Wildman–Crippen MR) is 157 cm³/mol. The number of ketones is 2. The minimum atomic E-state index is -0.674. The van der Waals surface area contributed by atoms with Crippen molar-refractivity contribution in [2.24, 2.45) is 50.2 Å². The summed E-state index contributed by atoms with van der Waals surface area (Å²) in [6.07, 6.45) is 13.0. The minimum absolute atomic E-state index is 0.000491. The van der Waals surface area contributed by atoms with Crippen LogP contribution in [0.1, 0.15) is 99.2 Å². The molecule has 0 aromatic carbocycles. The molecule has 6 rings (SSSR count). The number of rotatable bonds is 3. The van der Waals surface area contributed by atoms with Crippen LogP contribution in [0.3, 0.4) is 0 Å². The van der Waals surface area contributed by atoms with Crippen molar-refractivity contribution in [2.75, 3.05) is 0 Å². The average Bonchev–Trinajstić information content (AvgIpc) is 3.45. The van der Waals surface area contributed by atoms with Crippen LogP contribution in [0.2, 0.25) is 0 Å². The molecule has 7 heteroatoms. The summed E-state index contributed by atoms with van der Waals surface area (Å²) in [7, 11) is 0. The standard InChI is InChI=1S/C35H45N3O4/c1-30(2)25-8-9-34(6)26(33(25,5)15-21(17-36)28(30)40)14-24(39)27-23-16-32(4,29(41)38-19-22-18-37-20-42-22)11-10-31(23,3)12-13-35(27,34)7/h14-15,18,20,23,25,27H,8-13,16,19H2,1-7H3,(H,38,41)/t23-,25-,27-,31+,32-,33-,34+,35+/m0/s1. The van der Waals surface area contributed by atoms with E-state index in [4.69, 9.17) is 4.42 Å². The van der Waals surface area contributed by atoms with E-state index in [1.54, 1.807) is 6.20 Å². The maximum Gasteiger partial charge on any atom is 0.226 e. The number of oxazole rings is 1. The van der Waals surface area contributed by atoms with Gasteiger partial charge in [0.2, 0.25) is 5.91 Å². The Balaban J connectivity index is 1.39. The number of nitriles is 1. The van der Waals surface area contributed by atoms with Gasteiger partial charge in [0.15, 0.2) is 18.0 Å². The maximum atomic E-state index is 14.5. The van der Waals surface area contributed by atoms with E-state index in [0.717, 1.165) is 44.1 Å². The molecule has 5 aliphatic rings. The number of hydrogen-bond donors (Lipinski definition) is 1. The number of amides is 1. The number of nitrogens with zero attached hydrogens (tertiary/aromatic N) is 2. The maximum absolute atomic E-state index is 14.5. The summed E-state index contributed by atoms with van der Waals surface area (Å²) in [5.74, 6) is 0.654. The first kappa shape index (κ1) is 29.1. The molecule has 1 aromatic rings. The van der Waals surface area contributed by atoms with E-state index in [1.807, 2.05) is 26.0 Å². The Morgan fingerprint density at radius 2 is 1.79 bits per heavy atom. The van der Waals surface area contributed by atoms with Crippen molar-refractivity contribution in [1.82, 2.24) is 10.3 Å². The molecule has 0 bridgehead atoms. The van der Waals surface area contributed by atoms with Gasteiger partial charge in [0.1, 0.15) is 11.8 Å². The number of carbonyl (C=O) groups excluding carboxylic acids is 3. The van der Waals surface area contributed by atoms with Gasteiger partial charge < -0.3 is 9.73 Å². The third-order valence-electron chi connectivity index (χ3n) is 13.5. The summed E-state index contributed by atoms with van der Waals surface area (Å²) in [5, 5.41) is 13.0. The van der Waals surface area contributed by atoms with Crippen LogP contribution in [-0.2, 0) is 20.9 Å². The number of nitrogens with one attached hydrogen (secondary N) is 1. The van der Waals surface area contributed by atoms with Crippen LogP contribution in [-0.4, -0.2) is 22.5 Å². The van der Waals surface area contributed by atoms with Gasteiger partial charge in [-0.3, -0.25) is 14.4 Å². The third kappa shape index (κ3) is 3.69. The topological polar surface area (TPSA) is 113 Å². The monoisotopic (exact) mass is 571 g/mol. The zero-order chi connectivity index (χ0) is 30.5. The highest BCUT2D eigenvalue weighted by Gasteiger charge is 2.69. The highest BCUT2D eigenvalue weighted by Crippen LogP contribution is 2.74. The molecule has 0 saturated heterocycles. The fraction of sp³-hybridized carbons (Fsp3) is 0.686. The van der Waals surface area contributed by atoms with Gasteiger partial charge in [0.25, 0.3) is 0 Å². The van der Waals surface area contributed by atoms with E-state index in [0.29, 0.717) is 18.7 Å². The fourth-order valence-corrected chi connectivity index (χ4v) is 10.6. The van der Waals surface area contributed by atoms with E-state index in [2.05, 4.69) is 51.0 Å². The second-order valence-electron chi connectivity index (χ2n) is 16.0. The lowest BCUT2D eigenvalue weighted by molar-refractivity contribution is -0.172. The molecule has 0 radical (unpaired) electrons. The number of aromatic nitrogens is 1. The predicted octanol–water partition coefficient (Wildman–Crippen LogP) is 6.51. The van der Waals surface area contributed by atoms with Gasteiger partial charge in [-0.25, -0.2) is 4.98 Å². The summed E-state index contributed by atoms with van der Waals surface area (Å²) in [6.45, 7) is 15.5. The Kier molecular flexibility index (Phi) is 6.23. The molecule has 0 unspecified atom stereocenters. The first-order valence-electron chi connectivity index (χ1n) is 15.7. The van der Waals surface area contributed by atoms with Crippen LogP contribution >= 0.6 is 0 Å². The second-order valence-corrected chi connectivity index (χ2v) is 16.0. The molecular formula is C35H45N3O4. The Morgan fingerprint density at radius 3 is 2.45 bits per heavy atom. The normalized spacial score (nSPS) is 43.9. The molecule has 1 amide bonds. The van der Waals surface area contributed by atoms with Crippen LogP contribution in [0, 0.1) is 61.6 Å². The lowest BCUT2D eigenvalue weighted by Crippen LogP contribution is -2.65. The quantitative estimate of drug-likeness (QED) is 0.442. The van der Waals surface area contributed by atoms with E-state index in [1.165, 1.54) is 6.39 Å². The zero-order valence-electron chi connectivity index (χ0n) is 26.2. The molecule has 3 saturated carbocycles. The number of hydrogen-bond acceptors (Lipinski definition) is 6. The summed E-state index contributed by atoms with van der Waals surface area (Å²) in [6, 6.07) is 2.19. The van der Waals surface area contributed by atoms with Crippen molar-refractivity contribution in [3.8, 4) is 6.07 Å². The van der Waals surface area contributed by atoms with Crippen LogP contribution in [0.5, 0.6) is 0 Å². The van der Waals surface area contributed by atoms with E-state index in [9.17, 15) is 19.6 Å². The SMILES string of the molecule is CC1(C)C(=O)C(C#N)=C[C@]2(C)C3=CC(=O)[C@@H]4[C@@H]5C[C@@](C)(C(=O)NCc6cnco6)CC[C@]5(C)CC[C@@]4(C)[C@]3(C)CC[C@@H]12. The molecule has 0 spiro atoms. The minimum Gasteiger partial charge on any atom is -0.447 e. The van der Waals surface area contributed by atoms with Crippen molar-refractivity contribution in [1.29, 1.82) is 5.26 Å². The number of Topliss-reactive ketones (excluding diaryl/α,β-unsaturated/α-hetero) is 1. The molecule has 5 aliphatic carbocycles. The van der Waals surface area contributed by atoms with Gasteiger partial charge in [0, 0.05) is 22.2 Å². The Bertz CT molecular complexity index is 1460. The number of allylic oxidation sites excluding steroid dienone is 4. The van der Waals surface area contributed by atoms with Crippen molar-refractivity contribution in [2.45, 2.75) is 100.0 Å². The Hall–Kier alpha value is -3.01. The summed E-state index contributed by atoms with van der Waals surface area (Å²) < 4.78 is 5.33. The summed E-state index contributed by atoms with van der Waals surface area (Å²) in [4.78, 5) is 45.4. The molecule has 42 heavy (non-hydrogen) atoms. The number of fused-ring (bicyclic) bond motifs is 7. The second kappa shape index (κ2) is 9.00. The molecule has 1 heterocycles. The van der Waals surface area contributed by atoms with Crippen molar-refractivity contribution >= 4 is 17.5 Å². The molecule has 1 N–H and O–H groups in total.